The van der Waals surface area contributed by atoms with Crippen LogP contribution in [-0.4, -0.2) is 4.98 Å². The van der Waals surface area contributed by atoms with Gasteiger partial charge in [0.25, 0.3) is 0 Å². The van der Waals surface area contributed by atoms with Crippen LogP contribution in [0.25, 0.3) is 0 Å². The highest BCUT2D eigenvalue weighted by molar-refractivity contribution is 5.36. The van der Waals surface area contributed by atoms with Crippen molar-refractivity contribution < 1.29 is 0 Å². The summed E-state index contributed by atoms with van der Waals surface area (Å²) in [5, 5.41) is 0. The standard InChI is InChI=1S/C23H27N/c1-2-8-19-13-15-20(16-14-19)9-4-3-5-12-23-17-21-10-6-7-11-22(21)18-24-23/h13-18H,2-3,5-8,10-12H2,1H3. The van der Waals surface area contributed by atoms with E-state index in [9.17, 15) is 0 Å². The molecule has 124 valence electrons. The third-order valence-corrected chi connectivity index (χ3v) is 4.74. The predicted octanol–water partition coefficient (Wildman–Crippen LogP) is 5.29. The molecule has 0 radical (unpaired) electrons. The minimum Gasteiger partial charge on any atom is -0.261 e. The van der Waals surface area contributed by atoms with E-state index in [2.05, 4.69) is 60.3 Å². The Morgan fingerprint density at radius 3 is 2.58 bits per heavy atom. The maximum atomic E-state index is 4.63. The van der Waals surface area contributed by atoms with Crippen molar-refractivity contribution in [2.75, 3.05) is 0 Å². The molecular weight excluding hydrogens is 290 g/mol. The quantitative estimate of drug-likeness (QED) is 0.539. The molecule has 0 unspecified atom stereocenters. The lowest BCUT2D eigenvalue weighted by Crippen LogP contribution is -2.05. The zero-order valence-corrected chi connectivity index (χ0v) is 14.8. The van der Waals surface area contributed by atoms with E-state index in [4.69, 9.17) is 0 Å². The zero-order chi connectivity index (χ0) is 16.6. The maximum Gasteiger partial charge on any atom is 0.0406 e. The largest absolute Gasteiger partial charge is 0.261 e. The second-order valence-electron chi connectivity index (χ2n) is 6.75. The van der Waals surface area contributed by atoms with Gasteiger partial charge in [-0.15, -0.1) is 0 Å². The summed E-state index contributed by atoms with van der Waals surface area (Å²) in [5.74, 6) is 6.59. The van der Waals surface area contributed by atoms with Gasteiger partial charge in [-0.1, -0.05) is 37.3 Å². The molecule has 2 aromatic rings. The van der Waals surface area contributed by atoms with Crippen LogP contribution in [0.2, 0.25) is 0 Å². The van der Waals surface area contributed by atoms with Gasteiger partial charge in [0, 0.05) is 23.9 Å². The minimum absolute atomic E-state index is 0.940. The Morgan fingerprint density at radius 1 is 1.00 bits per heavy atom. The first kappa shape index (κ1) is 16.8. The zero-order valence-electron chi connectivity index (χ0n) is 14.8. The van der Waals surface area contributed by atoms with Gasteiger partial charge in [0.1, 0.15) is 0 Å². The fraction of sp³-hybridized carbons (Fsp3) is 0.435. The van der Waals surface area contributed by atoms with Crippen LogP contribution in [0, 0.1) is 11.8 Å². The Hall–Kier alpha value is -2.07. The summed E-state index contributed by atoms with van der Waals surface area (Å²) < 4.78 is 0. The molecule has 0 aliphatic heterocycles. The Bertz CT molecular complexity index is 716. The van der Waals surface area contributed by atoms with Gasteiger partial charge in [0.05, 0.1) is 0 Å². The predicted molar refractivity (Wildman–Crippen MR) is 101 cm³/mol. The first-order chi connectivity index (χ1) is 11.8. The number of benzene rings is 1. The lowest BCUT2D eigenvalue weighted by molar-refractivity contribution is 0.677. The van der Waals surface area contributed by atoms with Crippen LogP contribution in [0.4, 0.5) is 0 Å². The summed E-state index contributed by atoms with van der Waals surface area (Å²) in [6.07, 6.45) is 12.6. The molecule has 0 bridgehead atoms. The van der Waals surface area contributed by atoms with Gasteiger partial charge in [0.15, 0.2) is 0 Å². The maximum absolute atomic E-state index is 4.63. The molecule has 1 nitrogen and oxygen atoms in total. The van der Waals surface area contributed by atoms with Crippen LogP contribution in [-0.2, 0) is 25.7 Å². The number of unbranched alkanes of at least 4 members (excludes halogenated alkanes) is 1. The molecule has 3 rings (SSSR count). The molecular formula is C23H27N. The monoisotopic (exact) mass is 317 g/mol. The topological polar surface area (TPSA) is 12.9 Å². The summed E-state index contributed by atoms with van der Waals surface area (Å²) in [7, 11) is 0. The molecule has 24 heavy (non-hydrogen) atoms. The first-order valence-corrected chi connectivity index (χ1v) is 9.39. The van der Waals surface area contributed by atoms with Crippen molar-refractivity contribution in [2.24, 2.45) is 0 Å². The van der Waals surface area contributed by atoms with E-state index in [1.165, 1.54) is 54.5 Å². The number of nitrogens with zero attached hydrogens (tertiary/aromatic N) is 1. The van der Waals surface area contributed by atoms with E-state index in [1.54, 1.807) is 0 Å². The normalized spacial score (nSPS) is 13.0. The van der Waals surface area contributed by atoms with Gasteiger partial charge >= 0.3 is 0 Å². The van der Waals surface area contributed by atoms with Crippen molar-refractivity contribution in [1.82, 2.24) is 4.98 Å². The highest BCUT2D eigenvalue weighted by Crippen LogP contribution is 2.21. The molecule has 0 N–H and O–H groups in total. The van der Waals surface area contributed by atoms with Crippen molar-refractivity contribution in [1.29, 1.82) is 0 Å². The van der Waals surface area contributed by atoms with Gasteiger partial charge in [0.2, 0.25) is 0 Å². The third-order valence-electron chi connectivity index (χ3n) is 4.74. The summed E-state index contributed by atoms with van der Waals surface area (Å²) in [4.78, 5) is 4.63. The number of fused-ring (bicyclic) bond motifs is 1. The average molecular weight is 317 g/mol. The highest BCUT2D eigenvalue weighted by Gasteiger charge is 2.09. The molecule has 1 aromatic carbocycles. The van der Waals surface area contributed by atoms with Crippen LogP contribution in [0.5, 0.6) is 0 Å². The van der Waals surface area contributed by atoms with E-state index < -0.39 is 0 Å². The molecule has 1 aromatic heterocycles. The molecule has 0 spiro atoms. The van der Waals surface area contributed by atoms with Crippen LogP contribution in [0.15, 0.2) is 36.5 Å². The van der Waals surface area contributed by atoms with Crippen LogP contribution in [0.3, 0.4) is 0 Å². The second-order valence-corrected chi connectivity index (χ2v) is 6.75. The number of hydrogen-bond acceptors (Lipinski definition) is 1. The Morgan fingerprint density at radius 2 is 1.79 bits per heavy atom. The van der Waals surface area contributed by atoms with Gasteiger partial charge in [-0.05, 0) is 79.8 Å². The van der Waals surface area contributed by atoms with E-state index in [0.717, 1.165) is 31.2 Å². The van der Waals surface area contributed by atoms with E-state index in [1.807, 2.05) is 0 Å². The molecule has 1 aliphatic rings. The van der Waals surface area contributed by atoms with E-state index >= 15 is 0 Å². The number of aryl methyl sites for hydroxylation is 4. The number of aromatic nitrogens is 1. The van der Waals surface area contributed by atoms with Crippen molar-refractivity contribution in [2.45, 2.75) is 64.7 Å². The van der Waals surface area contributed by atoms with Gasteiger partial charge in [-0.25, -0.2) is 0 Å². The summed E-state index contributed by atoms with van der Waals surface area (Å²) in [5.41, 5.74) is 6.77. The number of hydrogen-bond donors (Lipinski definition) is 0. The Balaban J connectivity index is 1.47. The number of rotatable bonds is 5. The highest BCUT2D eigenvalue weighted by atomic mass is 14.7. The van der Waals surface area contributed by atoms with Crippen molar-refractivity contribution in [3.63, 3.8) is 0 Å². The molecule has 0 saturated heterocycles. The van der Waals surface area contributed by atoms with Crippen molar-refractivity contribution in [3.05, 3.63) is 64.5 Å². The fourth-order valence-electron chi connectivity index (χ4n) is 3.37. The van der Waals surface area contributed by atoms with Crippen molar-refractivity contribution >= 4 is 0 Å². The first-order valence-electron chi connectivity index (χ1n) is 9.39. The summed E-state index contributed by atoms with van der Waals surface area (Å²) in [6.45, 7) is 2.21. The molecule has 0 fully saturated rings. The molecule has 1 heteroatoms. The lowest BCUT2D eigenvalue weighted by Gasteiger charge is -2.15. The van der Waals surface area contributed by atoms with Crippen LogP contribution in [0.1, 0.15) is 67.0 Å². The molecule has 1 heterocycles. The van der Waals surface area contributed by atoms with Crippen LogP contribution < -0.4 is 0 Å². The average Bonchev–Trinajstić information content (AvgIpc) is 2.63. The number of pyridine rings is 1. The fourth-order valence-corrected chi connectivity index (χ4v) is 3.37. The minimum atomic E-state index is 0.940. The van der Waals surface area contributed by atoms with Gasteiger partial charge < -0.3 is 0 Å². The molecule has 0 atom stereocenters. The Kier molecular flexibility index (Phi) is 6.07. The molecule has 1 aliphatic carbocycles. The molecule has 0 saturated carbocycles. The second kappa shape index (κ2) is 8.69. The SMILES string of the molecule is CCCc1ccc(C#CCCCc2cc3c(cn2)CCCC3)cc1. The van der Waals surface area contributed by atoms with Crippen LogP contribution >= 0.6 is 0 Å². The Labute approximate surface area is 146 Å². The van der Waals surface area contributed by atoms with E-state index in [-0.39, 0.29) is 0 Å². The summed E-state index contributed by atoms with van der Waals surface area (Å²) >= 11 is 0. The smallest absolute Gasteiger partial charge is 0.0406 e. The van der Waals surface area contributed by atoms with E-state index in [0.29, 0.717) is 0 Å². The lowest BCUT2D eigenvalue weighted by atomic mass is 9.92. The molecule has 0 amide bonds. The van der Waals surface area contributed by atoms with Gasteiger partial charge in [-0.2, -0.15) is 0 Å². The van der Waals surface area contributed by atoms with Crippen molar-refractivity contribution in [3.8, 4) is 11.8 Å². The third kappa shape index (κ3) is 4.71. The van der Waals surface area contributed by atoms with Gasteiger partial charge in [-0.3, -0.25) is 4.98 Å². The summed E-state index contributed by atoms with van der Waals surface area (Å²) in [6, 6.07) is 11.0.